The number of carboxylic acids is 1. The summed E-state index contributed by atoms with van der Waals surface area (Å²) in [7, 11) is 0. The van der Waals surface area contributed by atoms with Crippen LogP contribution in [0.3, 0.4) is 0 Å². The summed E-state index contributed by atoms with van der Waals surface area (Å²) < 4.78 is 8.80. The molecule has 1 aromatic heterocycles. The van der Waals surface area contributed by atoms with Gasteiger partial charge in [0.2, 0.25) is 0 Å². The van der Waals surface area contributed by atoms with Crippen LogP contribution in [-0.2, 0) is 24.5 Å². The van der Waals surface area contributed by atoms with E-state index in [2.05, 4.69) is 78.6 Å². The number of carbonyl (C=O) groups is 1. The molecule has 0 spiro atoms. The van der Waals surface area contributed by atoms with Crippen LogP contribution in [0.25, 0.3) is 20.2 Å². The van der Waals surface area contributed by atoms with Gasteiger partial charge in [-0.15, -0.1) is 11.3 Å². The van der Waals surface area contributed by atoms with E-state index in [-0.39, 0.29) is 0 Å². The van der Waals surface area contributed by atoms with E-state index in [1.165, 1.54) is 31.3 Å². The second-order valence-corrected chi connectivity index (χ2v) is 10.8. The Morgan fingerprint density at radius 1 is 0.921 bits per heavy atom. The standard InChI is InChI=1S/C32H32N2O3S/c1-22-8-6-9-23(18-22)21-37-29-14-4-2-10-24(29)19-34(17-16-28(33)32(35)36)20-25-11-7-13-27-26-12-3-5-15-30(26)38-31(25)27/h2-15,18,28H,16-17,19-21,33H2,1H3,(H,35,36). The van der Waals surface area contributed by atoms with E-state index in [0.29, 0.717) is 32.7 Å². The fraction of sp³-hybridized carbons (Fsp3) is 0.219. The molecule has 0 aliphatic carbocycles. The van der Waals surface area contributed by atoms with Gasteiger partial charge in [-0.25, -0.2) is 0 Å². The van der Waals surface area contributed by atoms with Crippen molar-refractivity contribution in [3.05, 3.63) is 113 Å². The van der Waals surface area contributed by atoms with Crippen molar-refractivity contribution in [1.82, 2.24) is 4.90 Å². The van der Waals surface area contributed by atoms with Gasteiger partial charge in [-0.1, -0.05) is 84.4 Å². The largest absolute Gasteiger partial charge is 0.489 e. The molecule has 1 heterocycles. The minimum atomic E-state index is -0.974. The van der Waals surface area contributed by atoms with E-state index in [1.807, 2.05) is 24.3 Å². The molecule has 5 aromatic rings. The number of thiophene rings is 1. The van der Waals surface area contributed by atoms with Gasteiger partial charge in [-0.2, -0.15) is 0 Å². The van der Waals surface area contributed by atoms with Gasteiger partial charge in [0.05, 0.1) is 0 Å². The molecule has 6 heteroatoms. The normalized spacial score (nSPS) is 12.3. The number of hydrogen-bond donors (Lipinski definition) is 2. The first-order valence-corrected chi connectivity index (χ1v) is 13.7. The number of carboxylic acid groups (broad SMARTS) is 1. The predicted molar refractivity (Wildman–Crippen MR) is 156 cm³/mol. The van der Waals surface area contributed by atoms with Crippen molar-refractivity contribution in [2.24, 2.45) is 5.73 Å². The first kappa shape index (κ1) is 25.9. The molecule has 38 heavy (non-hydrogen) atoms. The second kappa shape index (κ2) is 11.8. The summed E-state index contributed by atoms with van der Waals surface area (Å²) in [4.78, 5) is 13.7. The van der Waals surface area contributed by atoms with Crippen LogP contribution in [0.2, 0.25) is 0 Å². The average Bonchev–Trinajstić information content (AvgIpc) is 3.31. The smallest absolute Gasteiger partial charge is 0.320 e. The maximum absolute atomic E-state index is 11.4. The highest BCUT2D eigenvalue weighted by molar-refractivity contribution is 7.26. The van der Waals surface area contributed by atoms with Crippen LogP contribution in [0, 0.1) is 6.92 Å². The number of para-hydroxylation sites is 1. The Balaban J connectivity index is 1.41. The third-order valence-corrected chi connectivity index (χ3v) is 8.06. The zero-order valence-electron chi connectivity index (χ0n) is 21.5. The van der Waals surface area contributed by atoms with Crippen molar-refractivity contribution in [3.63, 3.8) is 0 Å². The summed E-state index contributed by atoms with van der Waals surface area (Å²) in [6, 6.07) is 30.4. The highest BCUT2D eigenvalue weighted by Gasteiger charge is 2.18. The van der Waals surface area contributed by atoms with Crippen LogP contribution in [0.4, 0.5) is 0 Å². The number of benzene rings is 4. The summed E-state index contributed by atoms with van der Waals surface area (Å²) in [5.74, 6) is -0.139. The van der Waals surface area contributed by atoms with Crippen LogP contribution >= 0.6 is 11.3 Å². The summed E-state index contributed by atoms with van der Waals surface area (Å²) >= 11 is 1.81. The molecule has 0 bridgehead atoms. The number of rotatable bonds is 11. The third kappa shape index (κ3) is 6.05. The number of aryl methyl sites for hydroxylation is 1. The van der Waals surface area contributed by atoms with E-state index in [9.17, 15) is 9.90 Å². The molecule has 4 aromatic carbocycles. The van der Waals surface area contributed by atoms with E-state index in [1.54, 1.807) is 11.3 Å². The lowest BCUT2D eigenvalue weighted by molar-refractivity contribution is -0.138. The van der Waals surface area contributed by atoms with Gasteiger partial charge < -0.3 is 15.6 Å². The quantitative estimate of drug-likeness (QED) is 0.200. The van der Waals surface area contributed by atoms with E-state index >= 15 is 0 Å². The van der Waals surface area contributed by atoms with Gasteiger partial charge >= 0.3 is 5.97 Å². The molecule has 0 aliphatic heterocycles. The number of aliphatic carboxylic acids is 1. The molecule has 0 saturated carbocycles. The number of ether oxygens (including phenoxy) is 1. The lowest BCUT2D eigenvalue weighted by atomic mass is 10.1. The Morgan fingerprint density at radius 3 is 2.47 bits per heavy atom. The Morgan fingerprint density at radius 2 is 1.63 bits per heavy atom. The predicted octanol–water partition coefficient (Wildman–Crippen LogP) is 6.75. The molecule has 5 rings (SSSR count). The van der Waals surface area contributed by atoms with Crippen LogP contribution in [-0.4, -0.2) is 28.6 Å². The Labute approximate surface area is 227 Å². The van der Waals surface area contributed by atoms with Crippen molar-refractivity contribution >= 4 is 37.5 Å². The maximum Gasteiger partial charge on any atom is 0.320 e. The topological polar surface area (TPSA) is 75.8 Å². The molecule has 0 amide bonds. The summed E-state index contributed by atoms with van der Waals surface area (Å²) in [5, 5.41) is 11.9. The summed E-state index contributed by atoms with van der Waals surface area (Å²) in [6.45, 7) is 4.43. The zero-order chi connectivity index (χ0) is 26.5. The van der Waals surface area contributed by atoms with Gasteiger partial charge in [0.15, 0.2) is 0 Å². The molecular formula is C32H32N2O3S. The monoisotopic (exact) mass is 524 g/mol. The first-order valence-electron chi connectivity index (χ1n) is 12.8. The summed E-state index contributed by atoms with van der Waals surface area (Å²) in [6.07, 6.45) is 0.365. The van der Waals surface area contributed by atoms with E-state index in [0.717, 1.165) is 16.9 Å². The molecule has 194 valence electrons. The van der Waals surface area contributed by atoms with Gasteiger partial charge in [0.25, 0.3) is 0 Å². The van der Waals surface area contributed by atoms with Crippen molar-refractivity contribution in [2.75, 3.05) is 6.54 Å². The fourth-order valence-corrected chi connectivity index (χ4v) is 6.02. The number of fused-ring (bicyclic) bond motifs is 3. The minimum Gasteiger partial charge on any atom is -0.489 e. The summed E-state index contributed by atoms with van der Waals surface area (Å²) in [5.41, 5.74) is 10.5. The fourth-order valence-electron chi connectivity index (χ4n) is 4.81. The van der Waals surface area contributed by atoms with Crippen molar-refractivity contribution in [3.8, 4) is 5.75 Å². The molecule has 0 saturated heterocycles. The lowest BCUT2D eigenvalue weighted by Gasteiger charge is -2.25. The van der Waals surface area contributed by atoms with Gasteiger partial charge in [0.1, 0.15) is 18.4 Å². The number of hydrogen-bond acceptors (Lipinski definition) is 5. The molecule has 5 nitrogen and oxygen atoms in total. The lowest BCUT2D eigenvalue weighted by Crippen LogP contribution is -2.35. The van der Waals surface area contributed by atoms with E-state index < -0.39 is 12.0 Å². The minimum absolute atomic E-state index is 0.365. The van der Waals surface area contributed by atoms with E-state index in [4.69, 9.17) is 10.5 Å². The number of nitrogens with zero attached hydrogens (tertiary/aromatic N) is 1. The molecule has 1 atom stereocenters. The van der Waals surface area contributed by atoms with Gasteiger partial charge in [0, 0.05) is 45.4 Å². The van der Waals surface area contributed by atoms with Crippen molar-refractivity contribution < 1.29 is 14.6 Å². The molecule has 1 unspecified atom stereocenters. The highest BCUT2D eigenvalue weighted by Crippen LogP contribution is 2.36. The molecule has 0 aliphatic rings. The van der Waals surface area contributed by atoms with Crippen LogP contribution in [0.1, 0.15) is 28.7 Å². The second-order valence-electron chi connectivity index (χ2n) is 9.72. The van der Waals surface area contributed by atoms with Crippen LogP contribution in [0.15, 0.2) is 91.0 Å². The van der Waals surface area contributed by atoms with Crippen molar-refractivity contribution in [1.29, 1.82) is 0 Å². The Hall–Kier alpha value is -3.71. The van der Waals surface area contributed by atoms with Gasteiger partial charge in [-0.3, -0.25) is 9.69 Å². The first-order chi connectivity index (χ1) is 18.5. The Kier molecular flexibility index (Phi) is 8.03. The molecular weight excluding hydrogens is 492 g/mol. The maximum atomic E-state index is 11.4. The van der Waals surface area contributed by atoms with Crippen LogP contribution < -0.4 is 10.5 Å². The molecule has 3 N–H and O–H groups in total. The molecule has 0 radical (unpaired) electrons. The third-order valence-electron chi connectivity index (χ3n) is 6.80. The SMILES string of the molecule is Cc1cccc(COc2ccccc2CN(CCC(N)C(=O)O)Cc2cccc3c2sc2ccccc23)c1. The Bertz CT molecular complexity index is 1560. The number of nitrogens with two attached hydrogens (primary N) is 1. The highest BCUT2D eigenvalue weighted by atomic mass is 32.1. The van der Waals surface area contributed by atoms with Crippen LogP contribution in [0.5, 0.6) is 5.75 Å². The van der Waals surface area contributed by atoms with Gasteiger partial charge in [-0.05, 0) is 36.6 Å². The molecule has 0 fully saturated rings. The van der Waals surface area contributed by atoms with Crippen molar-refractivity contribution in [2.45, 2.75) is 39.1 Å². The average molecular weight is 525 g/mol. The zero-order valence-corrected chi connectivity index (χ0v) is 22.3.